The van der Waals surface area contributed by atoms with E-state index in [0.717, 1.165) is 13.1 Å². The van der Waals surface area contributed by atoms with Gasteiger partial charge in [-0.25, -0.2) is 0 Å². The van der Waals surface area contributed by atoms with Gasteiger partial charge in [0.1, 0.15) is 0 Å². The first-order valence-corrected chi connectivity index (χ1v) is 7.08. The maximum atomic E-state index is 3.58. The molecule has 0 bridgehead atoms. The number of hydrogen-bond donors (Lipinski definition) is 1. The van der Waals surface area contributed by atoms with Crippen molar-refractivity contribution in [1.82, 2.24) is 9.88 Å². The first-order chi connectivity index (χ1) is 8.81. The van der Waals surface area contributed by atoms with E-state index >= 15 is 0 Å². The highest BCUT2D eigenvalue weighted by molar-refractivity contribution is 5.79. The fourth-order valence-corrected chi connectivity index (χ4v) is 2.47. The van der Waals surface area contributed by atoms with E-state index in [1.54, 1.807) is 0 Å². The lowest BCUT2D eigenvalue weighted by Gasteiger charge is -2.12. The van der Waals surface area contributed by atoms with E-state index in [4.69, 9.17) is 0 Å². The Balaban J connectivity index is 1.80. The molecule has 1 atom stereocenters. The molecule has 2 nitrogen and oxygen atoms in total. The topological polar surface area (TPSA) is 17.0 Å². The van der Waals surface area contributed by atoms with Crippen molar-refractivity contribution in [2.45, 2.75) is 45.7 Å². The molecule has 1 N–H and O–H groups in total. The molecular weight excluding hydrogens is 220 g/mol. The van der Waals surface area contributed by atoms with Crippen LogP contribution in [0.5, 0.6) is 0 Å². The van der Waals surface area contributed by atoms with Crippen LogP contribution in [0.15, 0.2) is 36.5 Å². The SMILES string of the molecule is CCCC(C)NCCCn1ccc2ccccc21. The maximum absolute atomic E-state index is 3.58. The van der Waals surface area contributed by atoms with Gasteiger partial charge >= 0.3 is 0 Å². The molecule has 2 rings (SSSR count). The molecule has 18 heavy (non-hydrogen) atoms. The van der Waals surface area contributed by atoms with E-state index in [9.17, 15) is 0 Å². The van der Waals surface area contributed by atoms with Gasteiger partial charge in [-0.1, -0.05) is 31.5 Å². The van der Waals surface area contributed by atoms with Crippen LogP contribution in [-0.2, 0) is 6.54 Å². The number of aromatic nitrogens is 1. The Kier molecular flexibility index (Phi) is 4.82. The van der Waals surface area contributed by atoms with Crippen molar-refractivity contribution in [2.24, 2.45) is 0 Å². The highest BCUT2D eigenvalue weighted by atomic mass is 15.0. The number of nitrogens with one attached hydrogen (secondary N) is 1. The van der Waals surface area contributed by atoms with E-state index in [1.165, 1.54) is 30.2 Å². The van der Waals surface area contributed by atoms with Crippen LogP contribution in [0.4, 0.5) is 0 Å². The molecule has 1 aromatic heterocycles. The van der Waals surface area contributed by atoms with Gasteiger partial charge in [0.2, 0.25) is 0 Å². The predicted octanol–water partition coefficient (Wildman–Crippen LogP) is 3.81. The van der Waals surface area contributed by atoms with Crippen LogP contribution in [0, 0.1) is 0 Å². The van der Waals surface area contributed by atoms with Crippen molar-refractivity contribution in [1.29, 1.82) is 0 Å². The molecule has 2 aromatic rings. The number of benzene rings is 1. The summed E-state index contributed by atoms with van der Waals surface area (Å²) in [5, 5.41) is 4.92. The Morgan fingerprint density at radius 1 is 1.22 bits per heavy atom. The van der Waals surface area contributed by atoms with Crippen LogP contribution in [0.3, 0.4) is 0 Å². The van der Waals surface area contributed by atoms with Crippen molar-refractivity contribution >= 4 is 10.9 Å². The van der Waals surface area contributed by atoms with Gasteiger partial charge < -0.3 is 9.88 Å². The van der Waals surface area contributed by atoms with Gasteiger partial charge in [-0.05, 0) is 43.8 Å². The van der Waals surface area contributed by atoms with Gasteiger partial charge in [-0.2, -0.15) is 0 Å². The molecule has 0 amide bonds. The Morgan fingerprint density at radius 2 is 2.06 bits per heavy atom. The summed E-state index contributed by atoms with van der Waals surface area (Å²) in [6.45, 7) is 6.71. The zero-order chi connectivity index (χ0) is 12.8. The predicted molar refractivity (Wildman–Crippen MR) is 78.9 cm³/mol. The van der Waals surface area contributed by atoms with Gasteiger partial charge in [-0.15, -0.1) is 0 Å². The van der Waals surface area contributed by atoms with Crippen LogP contribution in [0.25, 0.3) is 10.9 Å². The average molecular weight is 244 g/mol. The van der Waals surface area contributed by atoms with Gasteiger partial charge in [0.15, 0.2) is 0 Å². The van der Waals surface area contributed by atoms with Crippen LogP contribution in [0.2, 0.25) is 0 Å². The second-order valence-electron chi connectivity index (χ2n) is 5.07. The summed E-state index contributed by atoms with van der Waals surface area (Å²) in [5.41, 5.74) is 1.35. The summed E-state index contributed by atoms with van der Waals surface area (Å²) in [6.07, 6.45) is 5.91. The third-order valence-corrected chi connectivity index (χ3v) is 3.47. The highest BCUT2D eigenvalue weighted by Crippen LogP contribution is 2.15. The summed E-state index contributed by atoms with van der Waals surface area (Å²) >= 11 is 0. The fourth-order valence-electron chi connectivity index (χ4n) is 2.47. The monoisotopic (exact) mass is 244 g/mol. The van der Waals surface area contributed by atoms with Crippen molar-refractivity contribution in [2.75, 3.05) is 6.54 Å². The van der Waals surface area contributed by atoms with Crippen molar-refractivity contribution in [3.8, 4) is 0 Å². The number of aryl methyl sites for hydroxylation is 1. The minimum Gasteiger partial charge on any atom is -0.347 e. The Morgan fingerprint density at radius 3 is 2.89 bits per heavy atom. The third kappa shape index (κ3) is 3.36. The molecular formula is C16H24N2. The quantitative estimate of drug-likeness (QED) is 0.733. The molecule has 0 aliphatic heterocycles. The standard InChI is InChI=1S/C16H24N2/c1-3-7-14(2)17-11-6-12-18-13-10-15-8-4-5-9-16(15)18/h4-5,8-10,13-14,17H,3,6-7,11-12H2,1-2H3. The number of hydrogen-bond acceptors (Lipinski definition) is 1. The van der Waals surface area contributed by atoms with E-state index in [-0.39, 0.29) is 0 Å². The number of rotatable bonds is 7. The Labute approximate surface area is 110 Å². The minimum absolute atomic E-state index is 0.649. The molecule has 0 fully saturated rings. The molecule has 0 saturated heterocycles. The summed E-state index contributed by atoms with van der Waals surface area (Å²) in [7, 11) is 0. The first kappa shape index (κ1) is 13.2. The van der Waals surface area contributed by atoms with Gasteiger partial charge in [0.05, 0.1) is 0 Å². The lowest BCUT2D eigenvalue weighted by atomic mass is 10.2. The fraction of sp³-hybridized carbons (Fsp3) is 0.500. The molecule has 0 saturated carbocycles. The number of fused-ring (bicyclic) bond motifs is 1. The second-order valence-corrected chi connectivity index (χ2v) is 5.07. The zero-order valence-electron chi connectivity index (χ0n) is 11.5. The van der Waals surface area contributed by atoms with Gasteiger partial charge in [0, 0.05) is 24.3 Å². The lowest BCUT2D eigenvalue weighted by molar-refractivity contribution is 0.487. The van der Waals surface area contributed by atoms with E-state index in [0.29, 0.717) is 6.04 Å². The number of para-hydroxylation sites is 1. The highest BCUT2D eigenvalue weighted by Gasteiger charge is 2.01. The molecule has 98 valence electrons. The van der Waals surface area contributed by atoms with Crippen molar-refractivity contribution in [3.05, 3.63) is 36.5 Å². The molecule has 1 aromatic carbocycles. The number of nitrogens with zero attached hydrogens (tertiary/aromatic N) is 1. The average Bonchev–Trinajstić information content (AvgIpc) is 2.78. The molecule has 0 aliphatic rings. The van der Waals surface area contributed by atoms with Crippen molar-refractivity contribution in [3.63, 3.8) is 0 Å². The summed E-state index contributed by atoms with van der Waals surface area (Å²) in [5.74, 6) is 0. The minimum atomic E-state index is 0.649. The van der Waals surface area contributed by atoms with E-state index in [2.05, 4.69) is 60.3 Å². The second kappa shape index (κ2) is 6.60. The van der Waals surface area contributed by atoms with Crippen molar-refractivity contribution < 1.29 is 0 Å². The van der Waals surface area contributed by atoms with E-state index < -0.39 is 0 Å². The van der Waals surface area contributed by atoms with E-state index in [1.807, 2.05) is 0 Å². The summed E-state index contributed by atoms with van der Waals surface area (Å²) in [6, 6.07) is 11.4. The van der Waals surface area contributed by atoms with Crippen LogP contribution in [0.1, 0.15) is 33.1 Å². The largest absolute Gasteiger partial charge is 0.347 e. The molecule has 1 unspecified atom stereocenters. The smallest absolute Gasteiger partial charge is 0.0480 e. The Bertz CT molecular complexity index is 473. The van der Waals surface area contributed by atoms with Crippen LogP contribution < -0.4 is 5.32 Å². The summed E-state index contributed by atoms with van der Waals surface area (Å²) in [4.78, 5) is 0. The lowest BCUT2D eigenvalue weighted by Crippen LogP contribution is -2.27. The summed E-state index contributed by atoms with van der Waals surface area (Å²) < 4.78 is 2.35. The normalized spacial score (nSPS) is 13.0. The first-order valence-electron chi connectivity index (χ1n) is 7.08. The zero-order valence-corrected chi connectivity index (χ0v) is 11.5. The Hall–Kier alpha value is -1.28. The molecule has 0 spiro atoms. The molecule has 0 aliphatic carbocycles. The van der Waals surface area contributed by atoms with Crippen LogP contribution in [-0.4, -0.2) is 17.2 Å². The molecule has 2 heteroatoms. The van der Waals surface area contributed by atoms with Crippen LogP contribution >= 0.6 is 0 Å². The maximum Gasteiger partial charge on any atom is 0.0480 e. The molecule has 0 radical (unpaired) electrons. The van der Waals surface area contributed by atoms with Gasteiger partial charge in [-0.3, -0.25) is 0 Å². The third-order valence-electron chi connectivity index (χ3n) is 3.47. The van der Waals surface area contributed by atoms with Gasteiger partial charge in [0.25, 0.3) is 0 Å². The molecule has 1 heterocycles.